The lowest BCUT2D eigenvalue weighted by Crippen LogP contribution is -2.42. The van der Waals surface area contributed by atoms with Crippen molar-refractivity contribution >= 4 is 33.4 Å². The monoisotopic (exact) mass is 418 g/mol. The zero-order valence-electron chi connectivity index (χ0n) is 16.0. The van der Waals surface area contributed by atoms with Gasteiger partial charge in [-0.3, -0.25) is 9.30 Å². The van der Waals surface area contributed by atoms with Gasteiger partial charge in [-0.2, -0.15) is 0 Å². The molecule has 8 heteroatoms. The van der Waals surface area contributed by atoms with Crippen LogP contribution in [0.2, 0.25) is 0 Å². The zero-order chi connectivity index (χ0) is 19.8. The van der Waals surface area contributed by atoms with Crippen molar-refractivity contribution in [3.63, 3.8) is 0 Å². The van der Waals surface area contributed by atoms with Crippen LogP contribution in [0.5, 0.6) is 0 Å². The molecule has 1 aliphatic rings. The summed E-state index contributed by atoms with van der Waals surface area (Å²) in [5.41, 5.74) is 1.90. The lowest BCUT2D eigenvalue weighted by atomic mass is 10.2. The van der Waals surface area contributed by atoms with E-state index >= 15 is 0 Å². The van der Waals surface area contributed by atoms with E-state index in [4.69, 9.17) is 0 Å². The van der Waals surface area contributed by atoms with Crippen LogP contribution < -0.4 is 14.9 Å². The number of hydrogen-bond acceptors (Lipinski definition) is 4. The molecule has 0 aromatic heterocycles. The van der Waals surface area contributed by atoms with Crippen LogP contribution in [0.25, 0.3) is 0 Å². The number of thioether (sulfide) groups is 1. The number of nitrogens with one attached hydrogen (secondary N) is 2. The van der Waals surface area contributed by atoms with Gasteiger partial charge in [-0.05, 0) is 30.2 Å². The van der Waals surface area contributed by atoms with Crippen molar-refractivity contribution in [3.05, 3.63) is 60.2 Å². The maximum atomic E-state index is 12.7. The second-order valence-corrected chi connectivity index (χ2v) is 9.54. The molecular weight excluding hydrogens is 392 g/mol. The smallest absolute Gasteiger partial charge is 0.236 e. The molecule has 0 saturated carbocycles. The minimum Gasteiger partial charge on any atom is -0.356 e. The Balaban J connectivity index is 1.42. The molecule has 1 heterocycles. The van der Waals surface area contributed by atoms with E-state index in [9.17, 15) is 8.42 Å². The molecule has 0 fully saturated rings. The van der Waals surface area contributed by atoms with Gasteiger partial charge in [0.05, 0.1) is 11.4 Å². The molecule has 0 spiro atoms. The molecule has 28 heavy (non-hydrogen) atoms. The average molecular weight is 419 g/mol. The molecule has 2 aromatic rings. The number of fused-ring (bicyclic) bond motifs is 1. The third-order valence-electron chi connectivity index (χ3n) is 4.46. The maximum absolute atomic E-state index is 12.7. The molecule has 2 N–H and O–H groups in total. The van der Waals surface area contributed by atoms with Gasteiger partial charge < -0.3 is 10.6 Å². The Hall–Kier alpha value is -2.19. The lowest BCUT2D eigenvalue weighted by molar-refractivity contribution is 0.591. The van der Waals surface area contributed by atoms with Crippen molar-refractivity contribution < 1.29 is 8.42 Å². The van der Waals surface area contributed by atoms with Crippen molar-refractivity contribution in [2.75, 3.05) is 42.5 Å². The summed E-state index contributed by atoms with van der Waals surface area (Å²) in [6.45, 7) is 1.57. The minimum absolute atomic E-state index is 0.0286. The number of sulfonamides is 1. The number of benzene rings is 2. The number of para-hydroxylation sites is 1. The van der Waals surface area contributed by atoms with Crippen LogP contribution in [-0.4, -0.2) is 52.6 Å². The summed E-state index contributed by atoms with van der Waals surface area (Å²) < 4.78 is 26.9. The van der Waals surface area contributed by atoms with Gasteiger partial charge >= 0.3 is 0 Å². The molecule has 0 radical (unpaired) electrons. The van der Waals surface area contributed by atoms with E-state index in [1.165, 1.54) is 9.20 Å². The van der Waals surface area contributed by atoms with Crippen LogP contribution in [0.1, 0.15) is 5.56 Å². The fourth-order valence-electron chi connectivity index (χ4n) is 3.08. The third-order valence-corrected chi connectivity index (χ3v) is 7.25. The number of aliphatic imine (C=N–C) groups is 1. The van der Waals surface area contributed by atoms with Gasteiger partial charge in [0.2, 0.25) is 10.0 Å². The highest BCUT2D eigenvalue weighted by Crippen LogP contribution is 2.29. The Labute approximate surface area is 171 Å². The van der Waals surface area contributed by atoms with E-state index in [2.05, 4.69) is 27.8 Å². The second kappa shape index (κ2) is 9.84. The van der Waals surface area contributed by atoms with Crippen molar-refractivity contribution in [1.82, 2.24) is 10.6 Å². The summed E-state index contributed by atoms with van der Waals surface area (Å²) >= 11 is 1.76. The first-order valence-corrected chi connectivity index (χ1v) is 11.9. The van der Waals surface area contributed by atoms with Crippen LogP contribution in [-0.2, 0) is 16.4 Å². The second-order valence-electron chi connectivity index (χ2n) is 6.35. The first-order valence-electron chi connectivity index (χ1n) is 9.31. The summed E-state index contributed by atoms with van der Waals surface area (Å²) in [4.78, 5) is 5.39. The molecule has 6 nitrogen and oxygen atoms in total. The highest BCUT2D eigenvalue weighted by Gasteiger charge is 2.28. The van der Waals surface area contributed by atoms with E-state index < -0.39 is 10.0 Å². The van der Waals surface area contributed by atoms with Crippen LogP contribution in [0.4, 0.5) is 5.69 Å². The summed E-state index contributed by atoms with van der Waals surface area (Å²) in [5.74, 6) is 1.54. The molecular formula is C20H26N4O2S2. The van der Waals surface area contributed by atoms with E-state index in [1.54, 1.807) is 18.8 Å². The Bertz CT molecular complexity index is 901. The molecule has 0 unspecified atom stereocenters. The van der Waals surface area contributed by atoms with Crippen LogP contribution in [0.3, 0.4) is 0 Å². The van der Waals surface area contributed by atoms with Crippen molar-refractivity contribution in [2.24, 2.45) is 4.99 Å². The molecule has 0 aliphatic carbocycles. The molecule has 150 valence electrons. The molecule has 0 atom stereocenters. The van der Waals surface area contributed by atoms with E-state index in [0.29, 0.717) is 19.0 Å². The fourth-order valence-corrected chi connectivity index (χ4v) is 5.30. The highest BCUT2D eigenvalue weighted by atomic mass is 32.2. The van der Waals surface area contributed by atoms with Crippen LogP contribution >= 0.6 is 11.8 Å². The topological polar surface area (TPSA) is 73.8 Å². The molecule has 0 bridgehead atoms. The Morgan fingerprint density at radius 2 is 1.79 bits per heavy atom. The van der Waals surface area contributed by atoms with Gasteiger partial charge in [-0.15, -0.1) is 11.8 Å². The van der Waals surface area contributed by atoms with E-state index in [0.717, 1.165) is 30.0 Å². The SMILES string of the molecule is CN=C(NCCSc1ccccc1)NCCS(=O)(=O)N1CCc2ccccc21. The van der Waals surface area contributed by atoms with Gasteiger partial charge in [0, 0.05) is 37.3 Å². The molecule has 3 rings (SSSR count). The normalized spacial score (nSPS) is 14.0. The summed E-state index contributed by atoms with van der Waals surface area (Å²) in [6, 6.07) is 17.9. The third kappa shape index (κ3) is 5.42. The predicted octanol–water partition coefficient (Wildman–Crippen LogP) is 2.34. The number of guanidine groups is 1. The van der Waals surface area contributed by atoms with Gasteiger partial charge in [0.15, 0.2) is 5.96 Å². The first-order chi connectivity index (χ1) is 13.6. The number of hydrogen-bond donors (Lipinski definition) is 2. The Kier molecular flexibility index (Phi) is 7.22. The summed E-state index contributed by atoms with van der Waals surface area (Å²) in [5, 5.41) is 6.32. The van der Waals surface area contributed by atoms with E-state index in [1.807, 2.05) is 42.5 Å². The van der Waals surface area contributed by atoms with Crippen LogP contribution in [0.15, 0.2) is 64.5 Å². The number of nitrogens with zero attached hydrogens (tertiary/aromatic N) is 2. The van der Waals surface area contributed by atoms with Gasteiger partial charge in [-0.25, -0.2) is 8.42 Å². The summed E-state index contributed by atoms with van der Waals surface area (Å²) in [6.07, 6.45) is 0.769. The lowest BCUT2D eigenvalue weighted by Gasteiger charge is -2.20. The van der Waals surface area contributed by atoms with Gasteiger partial charge in [0.1, 0.15) is 0 Å². The number of rotatable bonds is 8. The van der Waals surface area contributed by atoms with Crippen molar-refractivity contribution in [2.45, 2.75) is 11.3 Å². The fraction of sp³-hybridized carbons (Fsp3) is 0.350. The van der Waals surface area contributed by atoms with Gasteiger partial charge in [-0.1, -0.05) is 36.4 Å². The molecule has 2 aromatic carbocycles. The standard InChI is InChI=1S/C20H26N4O2S2/c1-21-20(22-12-15-27-18-8-3-2-4-9-18)23-13-16-28(25,26)24-14-11-17-7-5-6-10-19(17)24/h2-10H,11-16H2,1H3,(H2,21,22,23). The maximum Gasteiger partial charge on any atom is 0.236 e. The largest absolute Gasteiger partial charge is 0.356 e. The average Bonchev–Trinajstić information content (AvgIpc) is 3.15. The number of anilines is 1. The molecule has 1 aliphatic heterocycles. The van der Waals surface area contributed by atoms with Crippen molar-refractivity contribution in [3.8, 4) is 0 Å². The minimum atomic E-state index is -3.35. The highest BCUT2D eigenvalue weighted by molar-refractivity contribution is 7.99. The van der Waals surface area contributed by atoms with Crippen LogP contribution in [0, 0.1) is 0 Å². The Morgan fingerprint density at radius 1 is 1.07 bits per heavy atom. The first kappa shape index (κ1) is 20.5. The molecule has 0 saturated heterocycles. The predicted molar refractivity (Wildman–Crippen MR) is 118 cm³/mol. The van der Waals surface area contributed by atoms with E-state index in [-0.39, 0.29) is 5.75 Å². The summed E-state index contributed by atoms with van der Waals surface area (Å²) in [7, 11) is -1.67. The van der Waals surface area contributed by atoms with Gasteiger partial charge in [0.25, 0.3) is 0 Å². The molecule has 0 amide bonds. The Morgan fingerprint density at radius 3 is 2.57 bits per heavy atom. The zero-order valence-corrected chi connectivity index (χ0v) is 17.6. The van der Waals surface area contributed by atoms with Crippen molar-refractivity contribution in [1.29, 1.82) is 0 Å². The quantitative estimate of drug-likeness (QED) is 0.298.